The minimum atomic E-state index is -4.00. The predicted octanol–water partition coefficient (Wildman–Crippen LogP) is 3.40. The fourth-order valence-corrected chi connectivity index (χ4v) is 4.54. The molecule has 3 aromatic rings. The summed E-state index contributed by atoms with van der Waals surface area (Å²) in [6.45, 7) is 1.85. The predicted molar refractivity (Wildman–Crippen MR) is 116 cm³/mol. The lowest BCUT2D eigenvalue weighted by molar-refractivity contribution is 0.0976. The quantitative estimate of drug-likeness (QED) is 0.589. The average molecular weight is 445 g/mol. The number of rotatable bonds is 6. The molecule has 0 aliphatic carbocycles. The Morgan fingerprint density at radius 2 is 1.80 bits per heavy atom. The van der Waals surface area contributed by atoms with Crippen LogP contribution < -0.4 is 10.7 Å². The van der Waals surface area contributed by atoms with Gasteiger partial charge >= 0.3 is 0 Å². The van der Waals surface area contributed by atoms with Gasteiger partial charge in [-0.25, -0.2) is 13.6 Å². The van der Waals surface area contributed by atoms with Gasteiger partial charge in [0.1, 0.15) is 0 Å². The van der Waals surface area contributed by atoms with Crippen LogP contribution in [0, 0.1) is 6.92 Å². The average Bonchev–Trinajstić information content (AvgIpc) is 2.68. The number of hydrogen-bond donors (Lipinski definition) is 1. The van der Waals surface area contributed by atoms with Gasteiger partial charge in [-0.2, -0.15) is 0 Å². The fraction of sp³-hybridized carbons (Fsp3) is 0.182. The van der Waals surface area contributed by atoms with E-state index in [-0.39, 0.29) is 22.7 Å². The van der Waals surface area contributed by atoms with Gasteiger partial charge in [-0.05, 0) is 47.9 Å². The Morgan fingerprint density at radius 3 is 2.43 bits per heavy atom. The van der Waals surface area contributed by atoms with E-state index in [0.29, 0.717) is 16.1 Å². The summed E-state index contributed by atoms with van der Waals surface area (Å²) in [7, 11) is -2.44. The van der Waals surface area contributed by atoms with E-state index < -0.39 is 15.9 Å². The maximum absolute atomic E-state index is 13.1. The highest BCUT2D eigenvalue weighted by Crippen LogP contribution is 2.35. The molecule has 30 heavy (non-hydrogen) atoms. The van der Waals surface area contributed by atoms with Gasteiger partial charge in [0.05, 0.1) is 4.90 Å². The summed E-state index contributed by atoms with van der Waals surface area (Å²) in [6, 6.07) is 14.4. The van der Waals surface area contributed by atoms with Crippen LogP contribution in [-0.4, -0.2) is 18.8 Å². The molecule has 2 N–H and O–H groups in total. The third-order valence-electron chi connectivity index (χ3n) is 5.01. The summed E-state index contributed by atoms with van der Waals surface area (Å²) in [5, 5.41) is 5.98. The van der Waals surface area contributed by atoms with Gasteiger partial charge in [-0.3, -0.25) is 9.59 Å². The molecule has 1 heterocycles. The summed E-state index contributed by atoms with van der Waals surface area (Å²) < 4.78 is 25.7. The zero-order chi connectivity index (χ0) is 22.1. The number of nitrogens with two attached hydrogens (primary N) is 1. The molecule has 0 fully saturated rings. The number of Topliss-reactive ketones (excluding diaryl/α,β-unsaturated/α-hetero) is 1. The zero-order valence-corrected chi connectivity index (χ0v) is 18.1. The Balaban J connectivity index is 2.15. The van der Waals surface area contributed by atoms with E-state index in [4.69, 9.17) is 16.7 Å². The molecule has 0 radical (unpaired) electrons. The van der Waals surface area contributed by atoms with E-state index in [1.54, 1.807) is 43.4 Å². The molecular weight excluding hydrogens is 424 g/mol. The molecular formula is C22H21ClN2O4S. The summed E-state index contributed by atoms with van der Waals surface area (Å²) >= 11 is 6.09. The highest BCUT2D eigenvalue weighted by atomic mass is 35.5. The Kier molecular flexibility index (Phi) is 6.26. The van der Waals surface area contributed by atoms with Gasteiger partial charge in [0, 0.05) is 42.2 Å². The third-order valence-corrected chi connectivity index (χ3v) is 6.23. The van der Waals surface area contributed by atoms with Crippen molar-refractivity contribution >= 4 is 27.4 Å². The normalized spacial score (nSPS) is 12.5. The Morgan fingerprint density at radius 1 is 1.10 bits per heavy atom. The van der Waals surface area contributed by atoms with Crippen molar-refractivity contribution in [1.82, 2.24) is 4.57 Å². The van der Waals surface area contributed by atoms with E-state index in [9.17, 15) is 18.0 Å². The number of hydrogen-bond acceptors (Lipinski definition) is 4. The lowest BCUT2D eigenvalue weighted by atomic mass is 9.84. The minimum absolute atomic E-state index is 0.00674. The van der Waals surface area contributed by atoms with Crippen LogP contribution in [0.5, 0.6) is 0 Å². The maximum atomic E-state index is 13.1. The van der Waals surface area contributed by atoms with Gasteiger partial charge in [0.15, 0.2) is 5.78 Å². The number of carbonyl (C=O) groups excluding carboxylic acids is 1. The second kappa shape index (κ2) is 8.55. The number of carbonyl (C=O) groups is 1. The number of nitrogens with zero attached hydrogens (tertiary/aromatic N) is 1. The molecule has 2 aromatic carbocycles. The third kappa shape index (κ3) is 4.70. The van der Waals surface area contributed by atoms with Gasteiger partial charge in [0.25, 0.3) is 0 Å². The highest BCUT2D eigenvalue weighted by molar-refractivity contribution is 7.89. The topological polar surface area (TPSA) is 99.2 Å². The monoisotopic (exact) mass is 444 g/mol. The first-order valence-electron chi connectivity index (χ1n) is 9.15. The number of halogens is 1. The van der Waals surface area contributed by atoms with E-state index >= 15 is 0 Å². The molecule has 0 amide bonds. The number of sulfonamides is 1. The van der Waals surface area contributed by atoms with Crippen LogP contribution in [0.2, 0.25) is 5.02 Å². The standard InChI is InChI=1S/C22H21ClN2O4S/c1-14-11-16(23)8-9-17(14)19(18-5-3-4-6-21(18)30(24,28)29)12-20(26)15-7-10-22(27)25(2)13-15/h3-11,13,19H,12H2,1-2H3,(H2,24,28,29). The molecule has 8 heteroatoms. The van der Waals surface area contributed by atoms with Gasteiger partial charge in [0.2, 0.25) is 15.6 Å². The molecule has 0 saturated carbocycles. The van der Waals surface area contributed by atoms with Crippen molar-refractivity contribution in [3.8, 4) is 0 Å². The second-order valence-corrected chi connectivity index (χ2v) is 9.10. The van der Waals surface area contributed by atoms with Crippen LogP contribution in [0.1, 0.15) is 39.4 Å². The first kappa shape index (κ1) is 22.0. The minimum Gasteiger partial charge on any atom is -0.318 e. The highest BCUT2D eigenvalue weighted by Gasteiger charge is 2.26. The molecule has 0 bridgehead atoms. The van der Waals surface area contributed by atoms with Crippen molar-refractivity contribution in [3.05, 3.63) is 98.4 Å². The van der Waals surface area contributed by atoms with Crippen molar-refractivity contribution in [3.63, 3.8) is 0 Å². The van der Waals surface area contributed by atoms with Crippen LogP contribution in [0.15, 0.2) is 70.5 Å². The molecule has 1 atom stereocenters. The smallest absolute Gasteiger partial charge is 0.250 e. The van der Waals surface area contributed by atoms with Crippen LogP contribution in [0.25, 0.3) is 0 Å². The molecule has 3 rings (SSSR count). The zero-order valence-electron chi connectivity index (χ0n) is 16.5. The Bertz CT molecular complexity index is 1280. The SMILES string of the molecule is Cc1cc(Cl)ccc1C(CC(=O)c1ccc(=O)n(C)c1)c1ccccc1S(N)(=O)=O. The number of ketones is 1. The van der Waals surface area contributed by atoms with Crippen molar-refractivity contribution < 1.29 is 13.2 Å². The number of benzene rings is 2. The number of aromatic nitrogens is 1. The Hall–Kier alpha value is -2.74. The first-order chi connectivity index (χ1) is 14.1. The van der Waals surface area contributed by atoms with Crippen molar-refractivity contribution in [2.45, 2.75) is 24.2 Å². The molecule has 0 aliphatic heterocycles. The number of aryl methyl sites for hydroxylation is 2. The van der Waals surface area contributed by atoms with Gasteiger partial charge in [-0.1, -0.05) is 35.9 Å². The van der Waals surface area contributed by atoms with E-state index in [1.165, 1.54) is 29.0 Å². The fourth-order valence-electron chi connectivity index (χ4n) is 3.51. The second-order valence-electron chi connectivity index (χ2n) is 7.13. The molecule has 6 nitrogen and oxygen atoms in total. The molecule has 1 unspecified atom stereocenters. The molecule has 1 aromatic heterocycles. The lowest BCUT2D eigenvalue weighted by Crippen LogP contribution is -2.20. The molecule has 0 aliphatic rings. The summed E-state index contributed by atoms with van der Waals surface area (Å²) in [5.74, 6) is -0.796. The number of pyridine rings is 1. The van der Waals surface area contributed by atoms with Crippen LogP contribution >= 0.6 is 11.6 Å². The molecule has 0 spiro atoms. The Labute approximate surface area is 180 Å². The molecule has 0 saturated heterocycles. The van der Waals surface area contributed by atoms with Crippen LogP contribution in [-0.2, 0) is 17.1 Å². The summed E-state index contributed by atoms with van der Waals surface area (Å²) in [6.07, 6.45) is 1.47. The van der Waals surface area contributed by atoms with E-state index in [2.05, 4.69) is 0 Å². The van der Waals surface area contributed by atoms with Crippen molar-refractivity contribution in [2.75, 3.05) is 0 Å². The van der Waals surface area contributed by atoms with E-state index in [0.717, 1.165) is 11.1 Å². The molecule has 156 valence electrons. The summed E-state index contributed by atoms with van der Waals surface area (Å²) in [5.41, 5.74) is 2.17. The first-order valence-corrected chi connectivity index (χ1v) is 11.1. The number of primary sulfonamides is 1. The van der Waals surface area contributed by atoms with Gasteiger partial charge in [-0.15, -0.1) is 0 Å². The largest absolute Gasteiger partial charge is 0.318 e. The van der Waals surface area contributed by atoms with Crippen molar-refractivity contribution in [1.29, 1.82) is 0 Å². The lowest BCUT2D eigenvalue weighted by Gasteiger charge is -2.22. The van der Waals surface area contributed by atoms with Crippen LogP contribution in [0.3, 0.4) is 0 Å². The van der Waals surface area contributed by atoms with Crippen molar-refractivity contribution in [2.24, 2.45) is 12.2 Å². The maximum Gasteiger partial charge on any atom is 0.250 e. The van der Waals surface area contributed by atoms with Crippen LogP contribution in [0.4, 0.5) is 0 Å². The van der Waals surface area contributed by atoms with Gasteiger partial charge < -0.3 is 4.57 Å². The van der Waals surface area contributed by atoms with E-state index in [1.807, 2.05) is 6.92 Å². The summed E-state index contributed by atoms with van der Waals surface area (Å²) in [4.78, 5) is 24.7.